The Bertz CT molecular complexity index is 589. The minimum absolute atomic E-state index is 0.0504. The van der Waals surface area contributed by atoms with Crippen molar-refractivity contribution in [2.75, 3.05) is 0 Å². The van der Waals surface area contributed by atoms with Gasteiger partial charge in [-0.2, -0.15) is 0 Å². The fourth-order valence-electron chi connectivity index (χ4n) is 3.36. The van der Waals surface area contributed by atoms with Crippen LogP contribution >= 0.6 is 35.0 Å². The van der Waals surface area contributed by atoms with Crippen LogP contribution in [-0.2, 0) is 14.5 Å². The van der Waals surface area contributed by atoms with Gasteiger partial charge in [0.25, 0.3) is 0 Å². The van der Waals surface area contributed by atoms with Gasteiger partial charge >= 0.3 is 145 Å². The zero-order chi connectivity index (χ0) is 16.4. The number of halogens is 2. The molecule has 0 fully saturated rings. The van der Waals surface area contributed by atoms with Gasteiger partial charge in [-0.15, -0.1) is 0 Å². The molecular weight excluding hydrogens is 373 g/mol. The van der Waals surface area contributed by atoms with Gasteiger partial charge in [-0.05, 0) is 0 Å². The first-order valence-electron chi connectivity index (χ1n) is 7.27. The van der Waals surface area contributed by atoms with Crippen LogP contribution in [0.5, 0.6) is 0 Å². The summed E-state index contributed by atoms with van der Waals surface area (Å²) >= 11 is -3.24. The van der Waals surface area contributed by atoms with E-state index in [0.29, 0.717) is 0 Å². The van der Waals surface area contributed by atoms with Crippen LogP contribution < -0.4 is 0 Å². The molecule has 2 aliphatic rings. The summed E-state index contributed by atoms with van der Waals surface area (Å²) in [5.74, 6) is 0. The first-order valence-corrected chi connectivity index (χ1v) is 14.9. The second-order valence-electron chi connectivity index (χ2n) is 6.61. The maximum atomic E-state index is 7.33. The Morgan fingerprint density at radius 3 is 1.19 bits per heavy atom. The van der Waals surface area contributed by atoms with Crippen LogP contribution in [0.25, 0.3) is 0 Å². The van der Waals surface area contributed by atoms with Crippen LogP contribution in [0.3, 0.4) is 0 Å². The first kappa shape index (κ1) is 18.5. The van der Waals surface area contributed by atoms with E-state index in [0.717, 1.165) is 0 Å². The van der Waals surface area contributed by atoms with E-state index >= 15 is 0 Å². The second kappa shape index (κ2) is 5.58. The molecule has 0 saturated carbocycles. The monoisotopic (exact) mass is 396 g/mol. The minimum atomic E-state index is -3.24. The maximum absolute atomic E-state index is 7.33. The molecule has 0 bridgehead atoms. The SMILES string of the molecule is CC1=P[C](C)([Ti]([Cl])([Cl])[C]2(C)P=C(C)C(C)=C2C)C(C)=C1C. The predicted molar refractivity (Wildman–Crippen MR) is 100 cm³/mol. The van der Waals surface area contributed by atoms with Crippen molar-refractivity contribution < 1.29 is 14.5 Å². The summed E-state index contributed by atoms with van der Waals surface area (Å²) in [7, 11) is 17.3. The third-order valence-electron chi connectivity index (χ3n) is 5.68. The van der Waals surface area contributed by atoms with Crippen LogP contribution in [0.1, 0.15) is 55.4 Å². The molecule has 2 rings (SSSR count). The van der Waals surface area contributed by atoms with Gasteiger partial charge in [-0.3, -0.25) is 0 Å². The molecule has 0 N–H and O–H groups in total. The van der Waals surface area contributed by atoms with Gasteiger partial charge in [0.15, 0.2) is 0 Å². The topological polar surface area (TPSA) is 0 Å². The summed E-state index contributed by atoms with van der Waals surface area (Å²) in [6, 6.07) is 0. The van der Waals surface area contributed by atoms with E-state index in [1.807, 2.05) is 0 Å². The third kappa shape index (κ3) is 2.36. The van der Waals surface area contributed by atoms with Crippen molar-refractivity contribution in [2.24, 2.45) is 0 Å². The van der Waals surface area contributed by atoms with Gasteiger partial charge in [0.2, 0.25) is 0 Å². The van der Waals surface area contributed by atoms with Crippen LogP contribution in [0.2, 0.25) is 0 Å². The molecule has 116 valence electrons. The second-order valence-corrected chi connectivity index (χ2v) is 21.9. The molecule has 5 heteroatoms. The molecule has 21 heavy (non-hydrogen) atoms. The molecule has 0 saturated heterocycles. The summed E-state index contributed by atoms with van der Waals surface area (Å²) in [4.78, 5) is 0. The van der Waals surface area contributed by atoms with Crippen LogP contribution in [0.15, 0.2) is 22.3 Å². The van der Waals surface area contributed by atoms with Gasteiger partial charge in [-0.1, -0.05) is 0 Å². The molecular formula is C16H24Cl2P2Ti. The average molecular weight is 397 g/mol. The van der Waals surface area contributed by atoms with Gasteiger partial charge in [-0.25, -0.2) is 0 Å². The van der Waals surface area contributed by atoms with Crippen molar-refractivity contribution in [3.05, 3.63) is 22.3 Å². The number of hydrogen-bond donors (Lipinski definition) is 0. The zero-order valence-electron chi connectivity index (χ0n) is 14.2. The molecule has 0 aromatic heterocycles. The van der Waals surface area contributed by atoms with E-state index in [9.17, 15) is 0 Å². The summed E-state index contributed by atoms with van der Waals surface area (Å²) in [6.07, 6.45) is 0. The molecule has 2 aliphatic heterocycles. The molecule has 2 atom stereocenters. The Kier molecular flexibility index (Phi) is 4.91. The van der Waals surface area contributed by atoms with Crippen LogP contribution in [0, 0.1) is 0 Å². The normalized spacial score (nSPS) is 35.3. The molecule has 0 spiro atoms. The third-order valence-corrected chi connectivity index (χ3v) is 25.8. The predicted octanol–water partition coefficient (Wildman–Crippen LogP) is 6.86. The summed E-state index contributed by atoms with van der Waals surface area (Å²) in [5.41, 5.74) is 5.65. The molecule has 0 nitrogen and oxygen atoms in total. The number of rotatable bonds is 2. The molecule has 0 aromatic rings. The van der Waals surface area contributed by atoms with Crippen molar-refractivity contribution >= 4 is 45.6 Å². The Morgan fingerprint density at radius 1 is 0.714 bits per heavy atom. The number of hydrogen-bond acceptors (Lipinski definition) is 0. The molecule has 0 aliphatic carbocycles. The molecule has 0 aromatic carbocycles. The van der Waals surface area contributed by atoms with E-state index in [4.69, 9.17) is 18.6 Å². The van der Waals surface area contributed by atoms with E-state index in [-0.39, 0.29) is 6.92 Å². The van der Waals surface area contributed by atoms with Crippen LogP contribution in [0.4, 0.5) is 0 Å². The Hall–Kier alpha value is 1.11. The summed E-state index contributed by atoms with van der Waals surface area (Å²) in [5, 5.41) is 2.87. The van der Waals surface area contributed by atoms with Crippen molar-refractivity contribution in [3.8, 4) is 0 Å². The van der Waals surface area contributed by atoms with Gasteiger partial charge in [0.05, 0.1) is 0 Å². The Morgan fingerprint density at radius 2 is 1.00 bits per heavy atom. The standard InChI is InChI=1S/2C8H12P.2ClH.Ti/c2*1-5-6(2)8(4)9-7(5)3;;;/h2*1-4H3;2*1H;/q;;;;+2/p-2. The van der Waals surface area contributed by atoms with Gasteiger partial charge in [0, 0.05) is 0 Å². The fourth-order valence-corrected chi connectivity index (χ4v) is 19.4. The molecule has 2 unspecified atom stereocenters. The number of allylic oxidation sites excluding steroid dienone is 4. The molecule has 2 heterocycles. The quantitative estimate of drug-likeness (QED) is 0.353. The van der Waals surface area contributed by atoms with Gasteiger partial charge in [0.1, 0.15) is 0 Å². The van der Waals surface area contributed by atoms with Crippen molar-refractivity contribution in [1.82, 2.24) is 0 Å². The van der Waals surface area contributed by atoms with Crippen molar-refractivity contribution in [3.63, 3.8) is 0 Å². The summed E-state index contributed by atoms with van der Waals surface area (Å²) in [6.45, 7) is 18.0. The molecule has 0 radical (unpaired) electrons. The zero-order valence-corrected chi connectivity index (χ0v) is 19.0. The Balaban J connectivity index is 2.66. The summed E-state index contributed by atoms with van der Waals surface area (Å²) < 4.78 is -0.101. The van der Waals surface area contributed by atoms with Crippen LogP contribution in [-0.4, -0.2) is 17.5 Å². The van der Waals surface area contributed by atoms with Crippen molar-refractivity contribution in [1.29, 1.82) is 0 Å². The average Bonchev–Trinajstić information content (AvgIpc) is 2.72. The van der Waals surface area contributed by atoms with E-state index < -0.39 is 14.5 Å². The van der Waals surface area contributed by atoms with Crippen molar-refractivity contribution in [2.45, 2.75) is 62.3 Å². The van der Waals surface area contributed by atoms with Gasteiger partial charge < -0.3 is 0 Å². The fraction of sp³-hybridized carbons (Fsp3) is 0.625. The Labute approximate surface area is 144 Å². The van der Waals surface area contributed by atoms with E-state index in [2.05, 4.69) is 55.4 Å². The first-order chi connectivity index (χ1) is 9.40. The van der Waals surface area contributed by atoms with E-state index in [1.54, 1.807) is 0 Å². The molecule has 0 amide bonds. The van der Waals surface area contributed by atoms with E-state index in [1.165, 1.54) is 49.3 Å².